The lowest BCUT2D eigenvalue weighted by atomic mass is 9.91. The van der Waals surface area contributed by atoms with Crippen molar-refractivity contribution in [2.24, 2.45) is 11.7 Å². The van der Waals surface area contributed by atoms with Gasteiger partial charge in [-0.15, -0.1) is 0 Å². The second-order valence-corrected chi connectivity index (χ2v) is 6.28. The summed E-state index contributed by atoms with van der Waals surface area (Å²) < 4.78 is 1.76. The zero-order valence-electron chi connectivity index (χ0n) is 12.7. The third kappa shape index (κ3) is 3.39. The van der Waals surface area contributed by atoms with E-state index in [4.69, 9.17) is 5.73 Å². The smallest absolute Gasteiger partial charge is 0.293 e. The Hall–Kier alpha value is -1.36. The summed E-state index contributed by atoms with van der Waals surface area (Å²) >= 11 is 0. The molecule has 1 fully saturated rings. The highest BCUT2D eigenvalue weighted by atomic mass is 16.1. The molecule has 2 N–H and O–H groups in total. The van der Waals surface area contributed by atoms with E-state index in [1.54, 1.807) is 17.0 Å². The largest absolute Gasteiger partial charge is 0.352 e. The topological polar surface area (TPSA) is 64.2 Å². The highest BCUT2D eigenvalue weighted by Crippen LogP contribution is 2.23. The Bertz CT molecular complexity index is 489. The van der Waals surface area contributed by atoms with Gasteiger partial charge in [0.1, 0.15) is 0 Å². The molecule has 0 saturated heterocycles. The summed E-state index contributed by atoms with van der Waals surface area (Å²) in [6, 6.07) is 0.700. The molecule has 1 saturated carbocycles. The van der Waals surface area contributed by atoms with E-state index in [0.29, 0.717) is 23.8 Å². The Morgan fingerprint density at radius 1 is 1.40 bits per heavy atom. The zero-order chi connectivity index (χ0) is 14.7. The number of aromatic nitrogens is 2. The fourth-order valence-corrected chi connectivity index (χ4v) is 2.88. The van der Waals surface area contributed by atoms with Crippen molar-refractivity contribution in [2.45, 2.75) is 58.2 Å². The highest BCUT2D eigenvalue weighted by Gasteiger charge is 2.24. The third-order valence-corrected chi connectivity index (χ3v) is 4.08. The van der Waals surface area contributed by atoms with Gasteiger partial charge in [-0.3, -0.25) is 4.79 Å². The van der Waals surface area contributed by atoms with Gasteiger partial charge in [-0.1, -0.05) is 13.8 Å². The number of rotatable bonds is 4. The number of hydrogen-bond donors (Lipinski definition) is 1. The molecule has 0 amide bonds. The van der Waals surface area contributed by atoms with E-state index in [2.05, 4.69) is 18.8 Å². The zero-order valence-corrected chi connectivity index (χ0v) is 12.7. The molecule has 1 aromatic heterocycles. The van der Waals surface area contributed by atoms with Crippen LogP contribution in [0.25, 0.3) is 0 Å². The molecule has 1 aliphatic rings. The first-order chi connectivity index (χ1) is 9.49. The van der Waals surface area contributed by atoms with Crippen molar-refractivity contribution in [1.82, 2.24) is 9.55 Å². The van der Waals surface area contributed by atoms with Crippen LogP contribution in [0, 0.1) is 5.92 Å². The van der Waals surface area contributed by atoms with Crippen molar-refractivity contribution in [2.75, 3.05) is 11.9 Å². The van der Waals surface area contributed by atoms with E-state index in [1.165, 1.54) is 0 Å². The van der Waals surface area contributed by atoms with Gasteiger partial charge in [-0.25, -0.2) is 4.98 Å². The van der Waals surface area contributed by atoms with Gasteiger partial charge in [0.05, 0.1) is 0 Å². The van der Waals surface area contributed by atoms with E-state index in [-0.39, 0.29) is 5.56 Å². The Morgan fingerprint density at radius 2 is 2.05 bits per heavy atom. The maximum Gasteiger partial charge on any atom is 0.293 e. The van der Waals surface area contributed by atoms with Crippen molar-refractivity contribution >= 4 is 5.82 Å². The maximum atomic E-state index is 12.5. The Balaban J connectivity index is 2.17. The monoisotopic (exact) mass is 278 g/mol. The molecule has 2 rings (SSSR count). The second kappa shape index (κ2) is 6.39. The molecule has 1 heterocycles. The number of anilines is 1. The van der Waals surface area contributed by atoms with Gasteiger partial charge >= 0.3 is 0 Å². The van der Waals surface area contributed by atoms with Crippen molar-refractivity contribution in [3.63, 3.8) is 0 Å². The Kier molecular flexibility index (Phi) is 4.81. The van der Waals surface area contributed by atoms with Crippen LogP contribution in [-0.4, -0.2) is 28.7 Å². The van der Waals surface area contributed by atoms with Crippen LogP contribution in [0.15, 0.2) is 17.2 Å². The van der Waals surface area contributed by atoms with Crippen LogP contribution < -0.4 is 16.2 Å². The number of nitrogens with two attached hydrogens (primary N) is 1. The fraction of sp³-hybridized carbons (Fsp3) is 0.733. The van der Waals surface area contributed by atoms with Crippen molar-refractivity contribution in [1.29, 1.82) is 0 Å². The molecular formula is C15H26N4O. The molecule has 0 radical (unpaired) electrons. The highest BCUT2D eigenvalue weighted by molar-refractivity contribution is 5.36. The molecule has 112 valence electrons. The van der Waals surface area contributed by atoms with Gasteiger partial charge in [0.2, 0.25) is 0 Å². The lowest BCUT2D eigenvalue weighted by Gasteiger charge is -2.33. The van der Waals surface area contributed by atoms with Gasteiger partial charge in [-0.2, -0.15) is 0 Å². The lowest BCUT2D eigenvalue weighted by Crippen LogP contribution is -2.42. The summed E-state index contributed by atoms with van der Waals surface area (Å²) in [5.74, 6) is 1.01. The first kappa shape index (κ1) is 15.0. The van der Waals surface area contributed by atoms with Crippen molar-refractivity contribution in [3.8, 4) is 0 Å². The number of hydrogen-bond acceptors (Lipinski definition) is 4. The normalized spacial score (nSPS) is 23.1. The van der Waals surface area contributed by atoms with E-state index >= 15 is 0 Å². The van der Waals surface area contributed by atoms with Gasteiger partial charge in [0, 0.05) is 38.1 Å². The molecule has 0 atom stereocenters. The average Bonchev–Trinajstić information content (AvgIpc) is 2.41. The fourth-order valence-electron chi connectivity index (χ4n) is 2.88. The number of nitrogens with zero attached hydrogens (tertiary/aromatic N) is 3. The molecule has 1 aromatic rings. The van der Waals surface area contributed by atoms with Crippen LogP contribution in [0.3, 0.4) is 0 Å². The summed E-state index contributed by atoms with van der Waals surface area (Å²) in [6.07, 6.45) is 7.64. The molecule has 0 unspecified atom stereocenters. The summed E-state index contributed by atoms with van der Waals surface area (Å²) in [7, 11) is 1.98. The van der Waals surface area contributed by atoms with Crippen LogP contribution in [-0.2, 0) is 6.54 Å². The van der Waals surface area contributed by atoms with Crippen LogP contribution in [0.5, 0.6) is 0 Å². The van der Waals surface area contributed by atoms with Crippen molar-refractivity contribution in [3.05, 3.63) is 22.7 Å². The van der Waals surface area contributed by atoms with E-state index in [1.807, 2.05) is 11.9 Å². The molecule has 20 heavy (non-hydrogen) atoms. The predicted octanol–water partition coefficient (Wildman–Crippen LogP) is 1.61. The molecule has 5 heteroatoms. The summed E-state index contributed by atoms with van der Waals surface area (Å²) in [6.45, 7) is 4.95. The molecule has 5 nitrogen and oxygen atoms in total. The van der Waals surface area contributed by atoms with Crippen LogP contribution in [0.2, 0.25) is 0 Å². The molecule has 0 aliphatic heterocycles. The molecule has 0 aromatic carbocycles. The SMILES string of the molecule is CC(C)Cn1ccnc(N(C)C2CCC(N)CC2)c1=O. The maximum absolute atomic E-state index is 12.5. The first-order valence-electron chi connectivity index (χ1n) is 7.53. The van der Waals surface area contributed by atoms with Crippen molar-refractivity contribution < 1.29 is 0 Å². The average molecular weight is 278 g/mol. The van der Waals surface area contributed by atoms with E-state index in [9.17, 15) is 4.79 Å². The second-order valence-electron chi connectivity index (χ2n) is 6.28. The van der Waals surface area contributed by atoms with Gasteiger partial charge in [-0.05, 0) is 31.6 Å². The van der Waals surface area contributed by atoms with Gasteiger partial charge < -0.3 is 15.2 Å². The third-order valence-electron chi connectivity index (χ3n) is 4.08. The summed E-state index contributed by atoms with van der Waals surface area (Å²) in [5, 5.41) is 0. The molecule has 1 aliphatic carbocycles. The quantitative estimate of drug-likeness (QED) is 0.908. The summed E-state index contributed by atoms with van der Waals surface area (Å²) in [4.78, 5) is 18.8. The van der Waals surface area contributed by atoms with E-state index in [0.717, 1.165) is 32.2 Å². The predicted molar refractivity (Wildman–Crippen MR) is 82.0 cm³/mol. The minimum atomic E-state index is 0.0126. The van der Waals surface area contributed by atoms with Crippen LogP contribution >= 0.6 is 0 Å². The minimum Gasteiger partial charge on any atom is -0.352 e. The van der Waals surface area contributed by atoms with Crippen LogP contribution in [0.1, 0.15) is 39.5 Å². The summed E-state index contributed by atoms with van der Waals surface area (Å²) in [5.41, 5.74) is 5.96. The Morgan fingerprint density at radius 3 is 2.65 bits per heavy atom. The van der Waals surface area contributed by atoms with Gasteiger partial charge in [0.25, 0.3) is 5.56 Å². The van der Waals surface area contributed by atoms with Crippen LogP contribution in [0.4, 0.5) is 5.82 Å². The van der Waals surface area contributed by atoms with E-state index < -0.39 is 0 Å². The molecular weight excluding hydrogens is 252 g/mol. The Labute approximate surface area is 120 Å². The lowest BCUT2D eigenvalue weighted by molar-refractivity contribution is 0.382. The first-order valence-corrected chi connectivity index (χ1v) is 7.53. The van der Waals surface area contributed by atoms with Gasteiger partial charge in [0.15, 0.2) is 5.82 Å². The molecule has 0 bridgehead atoms. The standard InChI is InChI=1S/C15H26N4O/c1-11(2)10-19-9-8-17-14(15(19)20)18(3)13-6-4-12(16)5-7-13/h8-9,11-13H,4-7,10,16H2,1-3H3. The molecule has 0 spiro atoms. The minimum absolute atomic E-state index is 0.0126.